The number of rotatable bonds is 3. The predicted molar refractivity (Wildman–Crippen MR) is 86.2 cm³/mol. The zero-order chi connectivity index (χ0) is 14.7. The highest BCUT2D eigenvalue weighted by Crippen LogP contribution is 2.36. The van der Waals surface area contributed by atoms with Crippen LogP contribution in [0.15, 0.2) is 18.2 Å². The molecule has 3 nitrogen and oxygen atoms in total. The summed E-state index contributed by atoms with van der Waals surface area (Å²) >= 11 is 3.56. The molecule has 0 bridgehead atoms. The van der Waals surface area contributed by atoms with Crippen LogP contribution < -0.4 is 4.74 Å². The summed E-state index contributed by atoms with van der Waals surface area (Å²) in [6.45, 7) is 4.52. The normalized spacial score (nSPS) is 25.0. The van der Waals surface area contributed by atoms with Crippen LogP contribution in [0.1, 0.15) is 36.8 Å². The van der Waals surface area contributed by atoms with Gasteiger partial charge in [0.2, 0.25) is 0 Å². The van der Waals surface area contributed by atoms with Gasteiger partial charge in [0.25, 0.3) is 0 Å². The Morgan fingerprint density at radius 1 is 1.29 bits per heavy atom. The first-order chi connectivity index (χ1) is 10.2. The molecule has 2 heterocycles. The number of alkyl halides is 1. The van der Waals surface area contributed by atoms with E-state index in [0.29, 0.717) is 0 Å². The first-order valence-electron chi connectivity index (χ1n) is 7.75. The Bertz CT molecular complexity index is 477. The molecule has 4 heteroatoms. The topological polar surface area (TPSA) is 27.7 Å². The molecule has 0 amide bonds. The lowest BCUT2D eigenvalue weighted by Gasteiger charge is -2.43. The molecular weight excluding hydrogens is 332 g/mol. The van der Waals surface area contributed by atoms with Gasteiger partial charge in [0.05, 0.1) is 12.2 Å². The summed E-state index contributed by atoms with van der Waals surface area (Å²) in [4.78, 5) is 0. The fraction of sp³-hybridized carbons (Fsp3) is 0.647. The minimum atomic E-state index is -0.0135. The average Bonchev–Trinajstić information content (AvgIpc) is 2.50. The van der Waals surface area contributed by atoms with E-state index in [-0.39, 0.29) is 11.7 Å². The fourth-order valence-electron chi connectivity index (χ4n) is 3.28. The molecule has 2 aliphatic heterocycles. The molecule has 1 aromatic carbocycles. The lowest BCUT2D eigenvalue weighted by atomic mass is 9.85. The van der Waals surface area contributed by atoms with Crippen molar-refractivity contribution < 1.29 is 14.2 Å². The highest BCUT2D eigenvalue weighted by atomic mass is 79.9. The Morgan fingerprint density at radius 2 is 2.10 bits per heavy atom. The molecule has 21 heavy (non-hydrogen) atoms. The zero-order valence-corrected chi connectivity index (χ0v) is 14.2. The average molecular weight is 355 g/mol. The van der Waals surface area contributed by atoms with E-state index in [1.165, 1.54) is 11.1 Å². The van der Waals surface area contributed by atoms with E-state index in [1.807, 2.05) is 0 Å². The van der Waals surface area contributed by atoms with E-state index >= 15 is 0 Å². The monoisotopic (exact) mass is 354 g/mol. The number of halogens is 1. The van der Waals surface area contributed by atoms with Gasteiger partial charge >= 0.3 is 0 Å². The molecule has 1 atom stereocenters. The summed E-state index contributed by atoms with van der Waals surface area (Å²) in [6.07, 6.45) is 4.18. The van der Waals surface area contributed by atoms with Gasteiger partial charge in [-0.2, -0.15) is 0 Å². The second-order valence-electron chi connectivity index (χ2n) is 6.12. The number of hydrogen-bond acceptors (Lipinski definition) is 3. The van der Waals surface area contributed by atoms with Gasteiger partial charge in [-0.25, -0.2) is 0 Å². The van der Waals surface area contributed by atoms with Crippen LogP contribution in [0, 0.1) is 6.92 Å². The Labute approximate surface area is 135 Å². The van der Waals surface area contributed by atoms with Crippen LogP contribution in [0.25, 0.3) is 0 Å². The van der Waals surface area contributed by atoms with E-state index in [0.717, 1.165) is 56.6 Å². The maximum Gasteiger partial charge on any atom is 0.123 e. The number of aryl methyl sites for hydroxylation is 1. The molecule has 2 aliphatic rings. The van der Waals surface area contributed by atoms with Crippen molar-refractivity contribution in [3.63, 3.8) is 0 Å². The summed E-state index contributed by atoms with van der Waals surface area (Å²) < 4.78 is 17.9. The molecular formula is C17H23BrO3. The van der Waals surface area contributed by atoms with Crippen molar-refractivity contribution >= 4 is 15.9 Å². The van der Waals surface area contributed by atoms with Crippen molar-refractivity contribution in [2.24, 2.45) is 0 Å². The van der Waals surface area contributed by atoms with E-state index in [2.05, 4.69) is 41.1 Å². The largest absolute Gasteiger partial charge is 0.490 e. The summed E-state index contributed by atoms with van der Waals surface area (Å²) in [5, 5.41) is 0.826. The van der Waals surface area contributed by atoms with E-state index < -0.39 is 0 Å². The summed E-state index contributed by atoms with van der Waals surface area (Å²) in [5.41, 5.74) is 2.48. The van der Waals surface area contributed by atoms with Gasteiger partial charge in [-0.1, -0.05) is 33.6 Å². The third-order valence-corrected chi connectivity index (χ3v) is 5.11. The first kappa shape index (κ1) is 15.3. The number of benzene rings is 1. The summed E-state index contributed by atoms with van der Waals surface area (Å²) in [5.74, 6) is 1.01. The van der Waals surface area contributed by atoms with Gasteiger partial charge in [0.1, 0.15) is 11.9 Å². The molecule has 1 aromatic rings. The maximum atomic E-state index is 6.31. The van der Waals surface area contributed by atoms with Crippen LogP contribution in [0.2, 0.25) is 0 Å². The molecule has 116 valence electrons. The van der Waals surface area contributed by atoms with Gasteiger partial charge in [0.15, 0.2) is 0 Å². The molecule has 0 N–H and O–H groups in total. The Morgan fingerprint density at radius 3 is 2.86 bits per heavy atom. The third-order valence-electron chi connectivity index (χ3n) is 4.51. The van der Waals surface area contributed by atoms with Crippen molar-refractivity contribution in [2.75, 3.05) is 19.8 Å². The molecule has 1 spiro atoms. The van der Waals surface area contributed by atoms with Crippen LogP contribution in [0.4, 0.5) is 0 Å². The van der Waals surface area contributed by atoms with Crippen molar-refractivity contribution in [3.05, 3.63) is 29.3 Å². The molecule has 0 aromatic heterocycles. The van der Waals surface area contributed by atoms with Gasteiger partial charge < -0.3 is 14.2 Å². The molecule has 2 saturated heterocycles. The van der Waals surface area contributed by atoms with Crippen LogP contribution in [0.5, 0.6) is 5.75 Å². The SMILES string of the molecule is Cc1ccc(OC2CCOC3(CCOCC3)C2)c(CBr)c1. The zero-order valence-electron chi connectivity index (χ0n) is 12.6. The predicted octanol–water partition coefficient (Wildman–Crippen LogP) is 4.00. The molecule has 1 unspecified atom stereocenters. The van der Waals surface area contributed by atoms with Crippen LogP contribution in [-0.2, 0) is 14.8 Å². The molecule has 0 radical (unpaired) electrons. The minimum absolute atomic E-state index is 0.0135. The fourth-order valence-corrected chi connectivity index (χ4v) is 3.72. The van der Waals surface area contributed by atoms with Crippen LogP contribution in [-0.4, -0.2) is 31.5 Å². The number of ether oxygens (including phenoxy) is 3. The second-order valence-corrected chi connectivity index (χ2v) is 6.68. The third kappa shape index (κ3) is 3.61. The lowest BCUT2D eigenvalue weighted by Crippen LogP contribution is -2.47. The smallest absolute Gasteiger partial charge is 0.123 e. The standard InChI is InChI=1S/C17H23BrO3/c1-13-2-3-16(14(10-13)12-18)21-15-4-7-20-17(11-15)5-8-19-9-6-17/h2-3,10,15H,4-9,11-12H2,1H3. The molecule has 0 saturated carbocycles. The number of hydrogen-bond donors (Lipinski definition) is 0. The van der Waals surface area contributed by atoms with E-state index in [4.69, 9.17) is 14.2 Å². The van der Waals surface area contributed by atoms with Gasteiger partial charge in [0, 0.05) is 36.9 Å². The van der Waals surface area contributed by atoms with Gasteiger partial charge in [-0.15, -0.1) is 0 Å². The van der Waals surface area contributed by atoms with Crippen molar-refractivity contribution in [1.29, 1.82) is 0 Å². The highest BCUT2D eigenvalue weighted by molar-refractivity contribution is 9.08. The first-order valence-corrected chi connectivity index (χ1v) is 8.87. The Hall–Kier alpha value is -0.580. The quantitative estimate of drug-likeness (QED) is 0.768. The van der Waals surface area contributed by atoms with E-state index in [9.17, 15) is 0 Å². The summed E-state index contributed by atoms with van der Waals surface area (Å²) in [7, 11) is 0. The van der Waals surface area contributed by atoms with Crippen molar-refractivity contribution in [1.82, 2.24) is 0 Å². The van der Waals surface area contributed by atoms with Crippen molar-refractivity contribution in [2.45, 2.75) is 49.6 Å². The van der Waals surface area contributed by atoms with Gasteiger partial charge in [-0.3, -0.25) is 0 Å². The van der Waals surface area contributed by atoms with Gasteiger partial charge in [-0.05, 0) is 25.8 Å². The highest BCUT2D eigenvalue weighted by Gasteiger charge is 2.39. The van der Waals surface area contributed by atoms with Crippen molar-refractivity contribution in [3.8, 4) is 5.75 Å². The molecule has 0 aliphatic carbocycles. The second kappa shape index (κ2) is 6.67. The summed E-state index contributed by atoms with van der Waals surface area (Å²) in [6, 6.07) is 6.40. The van der Waals surface area contributed by atoms with Crippen LogP contribution in [0.3, 0.4) is 0 Å². The lowest BCUT2D eigenvalue weighted by molar-refractivity contribution is -0.155. The molecule has 2 fully saturated rings. The minimum Gasteiger partial charge on any atom is -0.490 e. The van der Waals surface area contributed by atoms with E-state index in [1.54, 1.807) is 0 Å². The Balaban J connectivity index is 1.70. The van der Waals surface area contributed by atoms with Crippen LogP contribution >= 0.6 is 15.9 Å². The Kier molecular flexibility index (Phi) is 4.87. The maximum absolute atomic E-state index is 6.31. The molecule has 3 rings (SSSR count).